The quantitative estimate of drug-likeness (QED) is 0.264. The highest BCUT2D eigenvalue weighted by Gasteiger charge is 2.36. The first-order chi connectivity index (χ1) is 13.8. The summed E-state index contributed by atoms with van der Waals surface area (Å²) in [5.74, 6) is 0.0290. The molecule has 1 aromatic carbocycles. The Balaban J connectivity index is 2.28. The maximum absolute atomic E-state index is 13.0. The Labute approximate surface area is 177 Å². The lowest BCUT2D eigenvalue weighted by Crippen LogP contribution is -2.14. The summed E-state index contributed by atoms with van der Waals surface area (Å²) in [4.78, 5) is 10.3. The van der Waals surface area contributed by atoms with E-state index in [1.807, 2.05) is 18.9 Å². The Kier molecular flexibility index (Phi) is 7.38. The number of benzene rings is 1. The van der Waals surface area contributed by atoms with Crippen LogP contribution in [0.25, 0.3) is 0 Å². The van der Waals surface area contributed by atoms with Crippen molar-refractivity contribution in [1.29, 1.82) is 0 Å². The van der Waals surface area contributed by atoms with Crippen LogP contribution in [-0.2, 0) is 19.0 Å². The number of alkyl halides is 6. The van der Waals surface area contributed by atoms with E-state index in [1.165, 1.54) is 0 Å². The highest BCUT2D eigenvalue weighted by Crippen LogP contribution is 2.37. The number of hydrogen-bond acceptors (Lipinski definition) is 3. The summed E-state index contributed by atoms with van der Waals surface area (Å²) < 4.78 is 83.6. The number of aromatic nitrogens is 1. The lowest BCUT2D eigenvalue weighted by molar-refractivity contribution is -0.143. The molecule has 4 nitrogen and oxygen atoms in total. The monoisotopic (exact) mass is 497 g/mol. The average molecular weight is 498 g/mol. The fourth-order valence-electron chi connectivity index (χ4n) is 2.28. The van der Waals surface area contributed by atoms with Crippen molar-refractivity contribution in [2.45, 2.75) is 32.8 Å². The first kappa shape index (κ1) is 24.0. The van der Waals surface area contributed by atoms with E-state index in [1.54, 1.807) is 19.3 Å². The van der Waals surface area contributed by atoms with Crippen LogP contribution in [0.4, 0.5) is 32.0 Å². The third kappa shape index (κ3) is 6.35. The molecule has 1 heterocycles. The van der Waals surface area contributed by atoms with Crippen molar-refractivity contribution >= 4 is 28.0 Å². The lowest BCUT2D eigenvalue weighted by atomic mass is 10.1. The van der Waals surface area contributed by atoms with E-state index >= 15 is 0 Å². The minimum Gasteiger partial charge on any atom is -0.472 e. The Bertz CT molecular complexity index is 895. The van der Waals surface area contributed by atoms with Crippen LogP contribution < -0.4 is 4.74 Å². The fourth-order valence-corrected chi connectivity index (χ4v) is 2.70. The summed E-state index contributed by atoms with van der Waals surface area (Å²) in [5, 5.41) is 0. The maximum Gasteiger partial charge on any atom is 0.416 e. The van der Waals surface area contributed by atoms with Crippen LogP contribution >= 0.6 is 15.9 Å². The molecular weight excluding hydrogens is 480 g/mol. The second-order valence-electron chi connectivity index (χ2n) is 6.40. The molecule has 0 saturated carbocycles. The zero-order valence-corrected chi connectivity index (χ0v) is 17.8. The number of rotatable bonds is 6. The molecular formula is C19H18BrF6N3O. The highest BCUT2D eigenvalue weighted by atomic mass is 79.9. The minimum absolute atomic E-state index is 0.0290. The van der Waals surface area contributed by atoms with Crippen LogP contribution in [0, 0.1) is 6.92 Å². The number of halogens is 7. The van der Waals surface area contributed by atoms with E-state index in [9.17, 15) is 26.3 Å². The van der Waals surface area contributed by atoms with Gasteiger partial charge in [-0.25, -0.2) is 9.98 Å². The molecule has 0 fully saturated rings. The van der Waals surface area contributed by atoms with E-state index in [0.717, 1.165) is 6.54 Å². The molecule has 0 N–H and O–H groups in total. The number of ether oxygens (including phenoxy) is 1. The van der Waals surface area contributed by atoms with Gasteiger partial charge in [0.05, 0.1) is 33.3 Å². The van der Waals surface area contributed by atoms with Gasteiger partial charge in [-0.1, -0.05) is 0 Å². The largest absolute Gasteiger partial charge is 0.472 e. The van der Waals surface area contributed by atoms with Crippen LogP contribution in [0.5, 0.6) is 5.88 Å². The van der Waals surface area contributed by atoms with Gasteiger partial charge in [-0.3, -0.25) is 0 Å². The van der Waals surface area contributed by atoms with E-state index < -0.39 is 30.1 Å². The molecule has 0 saturated heterocycles. The molecule has 1 aromatic heterocycles. The summed E-state index contributed by atoms with van der Waals surface area (Å²) in [6.07, 6.45) is -8.23. The zero-order chi connectivity index (χ0) is 22.7. The number of hydrogen-bond donors (Lipinski definition) is 0. The molecule has 2 rings (SSSR count). The normalized spacial score (nSPS) is 12.5. The number of nitrogens with zero attached hydrogens (tertiary/aromatic N) is 3. The minimum atomic E-state index is -4.92. The molecule has 0 aliphatic carbocycles. The third-order valence-electron chi connectivity index (χ3n) is 4.02. The number of aryl methyl sites for hydroxylation is 1. The van der Waals surface area contributed by atoms with Gasteiger partial charge >= 0.3 is 12.4 Å². The molecule has 0 aliphatic rings. The van der Waals surface area contributed by atoms with E-state index in [2.05, 4.69) is 25.9 Å². The molecule has 2 aromatic rings. The van der Waals surface area contributed by atoms with E-state index in [4.69, 9.17) is 4.74 Å². The SMILES string of the molecule is CCN(C)/C=N/c1cc(Br)c(OCc2cc(C(F)(F)F)cc(C(F)(F)F)c2)nc1C. The number of pyridine rings is 1. The van der Waals surface area contributed by atoms with Crippen LogP contribution in [0.3, 0.4) is 0 Å². The van der Waals surface area contributed by atoms with Crippen molar-refractivity contribution in [3.63, 3.8) is 0 Å². The van der Waals surface area contributed by atoms with Crippen LogP contribution in [0.1, 0.15) is 29.3 Å². The van der Waals surface area contributed by atoms with Crippen molar-refractivity contribution in [2.24, 2.45) is 4.99 Å². The summed E-state index contributed by atoms with van der Waals surface area (Å²) in [6, 6.07) is 2.91. The van der Waals surface area contributed by atoms with Gasteiger partial charge in [0.15, 0.2) is 0 Å². The molecule has 0 amide bonds. The predicted molar refractivity (Wildman–Crippen MR) is 104 cm³/mol. The first-order valence-electron chi connectivity index (χ1n) is 8.64. The summed E-state index contributed by atoms with van der Waals surface area (Å²) >= 11 is 3.24. The smallest absolute Gasteiger partial charge is 0.416 e. The van der Waals surface area contributed by atoms with Gasteiger partial charge in [-0.15, -0.1) is 0 Å². The Morgan fingerprint density at radius 2 is 1.63 bits per heavy atom. The number of aliphatic imine (C=N–C) groups is 1. The summed E-state index contributed by atoms with van der Waals surface area (Å²) in [6.45, 7) is 3.82. The molecule has 0 atom stereocenters. The van der Waals surface area contributed by atoms with Crippen molar-refractivity contribution in [3.05, 3.63) is 51.1 Å². The standard InChI is InChI=1S/C19H18BrF6N3O/c1-4-29(3)10-27-16-8-15(20)17(28-11(16)2)30-9-12-5-13(18(21,22)23)7-14(6-12)19(24,25)26/h5-8,10H,4,9H2,1-3H3/b27-10+. The highest BCUT2D eigenvalue weighted by molar-refractivity contribution is 9.10. The van der Waals surface area contributed by atoms with Gasteiger partial charge in [0, 0.05) is 13.6 Å². The Hall–Kier alpha value is -2.30. The summed E-state index contributed by atoms with van der Waals surface area (Å²) in [5.41, 5.74) is -2.06. The molecule has 0 spiro atoms. The molecule has 0 aliphatic heterocycles. The van der Waals surface area contributed by atoms with Crippen LogP contribution in [0.15, 0.2) is 33.7 Å². The topological polar surface area (TPSA) is 37.7 Å². The second kappa shape index (κ2) is 9.23. The first-order valence-corrected chi connectivity index (χ1v) is 9.43. The molecule has 0 bridgehead atoms. The van der Waals surface area contributed by atoms with Gasteiger partial charge in [0.25, 0.3) is 0 Å². The molecule has 164 valence electrons. The molecule has 0 radical (unpaired) electrons. The van der Waals surface area contributed by atoms with Crippen molar-refractivity contribution < 1.29 is 31.1 Å². The van der Waals surface area contributed by atoms with Crippen molar-refractivity contribution in [1.82, 2.24) is 9.88 Å². The van der Waals surface area contributed by atoms with Crippen LogP contribution in [0.2, 0.25) is 0 Å². The Morgan fingerprint density at radius 3 is 2.13 bits per heavy atom. The van der Waals surface area contributed by atoms with Crippen molar-refractivity contribution in [3.8, 4) is 5.88 Å². The van der Waals surface area contributed by atoms with Crippen LogP contribution in [-0.4, -0.2) is 29.8 Å². The fraction of sp³-hybridized carbons (Fsp3) is 0.368. The molecule has 30 heavy (non-hydrogen) atoms. The second-order valence-corrected chi connectivity index (χ2v) is 7.25. The lowest BCUT2D eigenvalue weighted by Gasteiger charge is -2.15. The van der Waals surface area contributed by atoms with Gasteiger partial charge in [-0.05, 0) is 59.6 Å². The van der Waals surface area contributed by atoms with E-state index in [0.29, 0.717) is 28.0 Å². The molecule has 0 unspecified atom stereocenters. The van der Waals surface area contributed by atoms with Gasteiger partial charge in [0.1, 0.15) is 6.61 Å². The Morgan fingerprint density at radius 1 is 1.07 bits per heavy atom. The van der Waals surface area contributed by atoms with Gasteiger partial charge in [-0.2, -0.15) is 26.3 Å². The average Bonchev–Trinajstić information content (AvgIpc) is 2.65. The van der Waals surface area contributed by atoms with E-state index in [-0.39, 0.29) is 17.5 Å². The maximum atomic E-state index is 13.0. The zero-order valence-electron chi connectivity index (χ0n) is 16.2. The van der Waals surface area contributed by atoms with Gasteiger partial charge in [0.2, 0.25) is 5.88 Å². The summed E-state index contributed by atoms with van der Waals surface area (Å²) in [7, 11) is 1.84. The van der Waals surface area contributed by atoms with Crippen molar-refractivity contribution in [2.75, 3.05) is 13.6 Å². The molecule has 11 heteroatoms. The third-order valence-corrected chi connectivity index (χ3v) is 4.59. The predicted octanol–water partition coefficient (Wildman–Crippen LogP) is 6.38. The van der Waals surface area contributed by atoms with Gasteiger partial charge < -0.3 is 9.64 Å².